The molecule has 21 heavy (non-hydrogen) atoms. The van der Waals surface area contributed by atoms with Crippen molar-refractivity contribution in [3.63, 3.8) is 0 Å². The second-order valence-corrected chi connectivity index (χ2v) is 5.99. The lowest BCUT2D eigenvalue weighted by molar-refractivity contribution is 0.0685. The first-order chi connectivity index (χ1) is 9.72. The molecule has 0 aliphatic carbocycles. The smallest absolute Gasteiger partial charge is 0.354 e. The normalized spacial score (nSPS) is 11.4. The molecule has 0 aliphatic heterocycles. The number of hydrogen-bond donors (Lipinski definition) is 2. The highest BCUT2D eigenvalue weighted by Gasteiger charge is 2.22. The average Bonchev–Trinajstić information content (AvgIpc) is 2.72. The van der Waals surface area contributed by atoms with E-state index in [2.05, 4.69) is 9.82 Å². The third-order valence-electron chi connectivity index (χ3n) is 2.78. The SMILES string of the molecule is Cc1cccc(S(=O)(=O)Nc2cc(C(=O)O)n(C)n2)c1F. The Morgan fingerprint density at radius 2 is 2.10 bits per heavy atom. The van der Waals surface area contributed by atoms with Gasteiger partial charge in [-0.3, -0.25) is 9.40 Å². The number of aromatic nitrogens is 2. The van der Waals surface area contributed by atoms with Crippen LogP contribution >= 0.6 is 0 Å². The fourth-order valence-corrected chi connectivity index (χ4v) is 2.88. The molecule has 2 N–H and O–H groups in total. The summed E-state index contributed by atoms with van der Waals surface area (Å²) in [6.07, 6.45) is 0. The van der Waals surface area contributed by atoms with Gasteiger partial charge < -0.3 is 5.11 Å². The molecule has 1 aromatic heterocycles. The molecule has 0 amide bonds. The van der Waals surface area contributed by atoms with Crippen LogP contribution in [0.3, 0.4) is 0 Å². The second-order valence-electron chi connectivity index (χ2n) is 4.34. The summed E-state index contributed by atoms with van der Waals surface area (Å²) >= 11 is 0. The topological polar surface area (TPSA) is 101 Å². The zero-order chi connectivity index (χ0) is 15.8. The number of carboxylic acid groups (broad SMARTS) is 1. The van der Waals surface area contributed by atoms with Crippen LogP contribution in [-0.2, 0) is 17.1 Å². The van der Waals surface area contributed by atoms with Crippen molar-refractivity contribution >= 4 is 21.8 Å². The summed E-state index contributed by atoms with van der Waals surface area (Å²) in [6.45, 7) is 1.44. The van der Waals surface area contributed by atoms with Crippen molar-refractivity contribution in [1.82, 2.24) is 9.78 Å². The van der Waals surface area contributed by atoms with Crippen molar-refractivity contribution in [3.8, 4) is 0 Å². The number of nitrogens with one attached hydrogen (secondary N) is 1. The van der Waals surface area contributed by atoms with Gasteiger partial charge in [0.1, 0.15) is 16.4 Å². The quantitative estimate of drug-likeness (QED) is 0.887. The van der Waals surface area contributed by atoms with Gasteiger partial charge in [0.15, 0.2) is 5.82 Å². The van der Waals surface area contributed by atoms with Crippen LogP contribution in [0.1, 0.15) is 16.1 Å². The number of aromatic carboxylic acids is 1. The van der Waals surface area contributed by atoms with Crippen LogP contribution < -0.4 is 4.72 Å². The minimum atomic E-state index is -4.19. The number of benzene rings is 1. The largest absolute Gasteiger partial charge is 0.477 e. The predicted octanol–water partition coefficient (Wildman–Crippen LogP) is 1.37. The molecule has 1 aromatic carbocycles. The minimum Gasteiger partial charge on any atom is -0.477 e. The lowest BCUT2D eigenvalue weighted by Gasteiger charge is -2.07. The molecule has 0 unspecified atom stereocenters. The Balaban J connectivity index is 2.40. The maximum absolute atomic E-state index is 13.9. The summed E-state index contributed by atoms with van der Waals surface area (Å²) < 4.78 is 41.2. The summed E-state index contributed by atoms with van der Waals surface area (Å²) in [7, 11) is -2.83. The van der Waals surface area contributed by atoms with Gasteiger partial charge in [-0.05, 0) is 18.6 Å². The Labute approximate surface area is 120 Å². The number of nitrogens with zero attached hydrogens (tertiary/aromatic N) is 2. The number of hydrogen-bond acceptors (Lipinski definition) is 4. The third kappa shape index (κ3) is 2.87. The molecule has 1 heterocycles. The van der Waals surface area contributed by atoms with Gasteiger partial charge in [0, 0.05) is 13.1 Å². The van der Waals surface area contributed by atoms with E-state index in [-0.39, 0.29) is 17.1 Å². The maximum Gasteiger partial charge on any atom is 0.354 e. The highest BCUT2D eigenvalue weighted by atomic mass is 32.2. The Morgan fingerprint density at radius 1 is 1.43 bits per heavy atom. The van der Waals surface area contributed by atoms with Gasteiger partial charge in [-0.1, -0.05) is 12.1 Å². The van der Waals surface area contributed by atoms with Crippen molar-refractivity contribution in [2.45, 2.75) is 11.8 Å². The number of carbonyl (C=O) groups is 1. The van der Waals surface area contributed by atoms with Crippen LogP contribution in [0.15, 0.2) is 29.2 Å². The van der Waals surface area contributed by atoms with Crippen molar-refractivity contribution < 1.29 is 22.7 Å². The van der Waals surface area contributed by atoms with Crippen LogP contribution in [0.2, 0.25) is 0 Å². The Morgan fingerprint density at radius 3 is 2.67 bits per heavy atom. The van der Waals surface area contributed by atoms with Gasteiger partial charge in [-0.2, -0.15) is 5.10 Å². The van der Waals surface area contributed by atoms with Gasteiger partial charge in [0.05, 0.1) is 0 Å². The van der Waals surface area contributed by atoms with Crippen molar-refractivity contribution in [3.05, 3.63) is 41.3 Å². The van der Waals surface area contributed by atoms with Gasteiger partial charge in [0.2, 0.25) is 0 Å². The highest BCUT2D eigenvalue weighted by Crippen LogP contribution is 2.20. The molecule has 0 atom stereocenters. The maximum atomic E-state index is 13.9. The van der Waals surface area contributed by atoms with Gasteiger partial charge in [-0.15, -0.1) is 0 Å². The molecule has 7 nitrogen and oxygen atoms in total. The van der Waals surface area contributed by atoms with Crippen LogP contribution in [0, 0.1) is 12.7 Å². The minimum absolute atomic E-state index is 0.185. The number of aryl methyl sites for hydroxylation is 2. The zero-order valence-corrected chi connectivity index (χ0v) is 12.0. The summed E-state index contributed by atoms with van der Waals surface area (Å²) in [5.41, 5.74) is -0.0115. The summed E-state index contributed by atoms with van der Waals surface area (Å²) in [4.78, 5) is 10.3. The number of anilines is 1. The monoisotopic (exact) mass is 313 g/mol. The number of rotatable bonds is 4. The van der Waals surface area contributed by atoms with E-state index in [1.165, 1.54) is 26.1 Å². The van der Waals surface area contributed by atoms with Gasteiger partial charge in [0.25, 0.3) is 10.0 Å². The summed E-state index contributed by atoms with van der Waals surface area (Å²) in [5, 5.41) is 12.6. The molecule has 0 saturated carbocycles. The molecule has 2 rings (SSSR count). The number of sulfonamides is 1. The fraction of sp³-hybridized carbons (Fsp3) is 0.167. The van der Waals surface area contributed by atoms with Crippen LogP contribution in [-0.4, -0.2) is 29.3 Å². The molecule has 2 aromatic rings. The van der Waals surface area contributed by atoms with Gasteiger partial charge >= 0.3 is 5.97 Å². The van der Waals surface area contributed by atoms with Crippen LogP contribution in [0.5, 0.6) is 0 Å². The number of carboxylic acids is 1. The van der Waals surface area contributed by atoms with E-state index in [9.17, 15) is 17.6 Å². The van der Waals surface area contributed by atoms with E-state index in [0.717, 1.165) is 16.8 Å². The molecule has 0 bridgehead atoms. The second kappa shape index (κ2) is 5.17. The van der Waals surface area contributed by atoms with Crippen LogP contribution in [0.25, 0.3) is 0 Å². The first kappa shape index (κ1) is 15.0. The Hall–Kier alpha value is -2.42. The molecule has 0 saturated heterocycles. The molecule has 0 radical (unpaired) electrons. The standard InChI is InChI=1S/C12H12FN3O4S/c1-7-4-3-5-9(11(7)13)21(19,20)15-10-6-8(12(17)18)16(2)14-10/h3-6H,1-2H3,(H,14,15)(H,17,18). The molecular weight excluding hydrogens is 301 g/mol. The summed E-state index contributed by atoms with van der Waals surface area (Å²) in [5.74, 6) is -2.31. The average molecular weight is 313 g/mol. The fourth-order valence-electron chi connectivity index (χ4n) is 1.74. The third-order valence-corrected chi connectivity index (χ3v) is 4.16. The predicted molar refractivity (Wildman–Crippen MR) is 72.1 cm³/mol. The van der Waals surface area contributed by atoms with E-state index in [0.29, 0.717) is 0 Å². The van der Waals surface area contributed by atoms with E-state index in [1.807, 2.05) is 0 Å². The number of halogens is 1. The van der Waals surface area contributed by atoms with Crippen LogP contribution in [0.4, 0.5) is 10.2 Å². The molecule has 0 aliphatic rings. The lowest BCUT2D eigenvalue weighted by atomic mass is 10.2. The van der Waals surface area contributed by atoms with E-state index in [4.69, 9.17) is 5.11 Å². The van der Waals surface area contributed by atoms with Crippen molar-refractivity contribution in [2.24, 2.45) is 7.05 Å². The molecule has 112 valence electrons. The van der Waals surface area contributed by atoms with E-state index >= 15 is 0 Å². The van der Waals surface area contributed by atoms with E-state index < -0.39 is 26.7 Å². The van der Waals surface area contributed by atoms with Gasteiger partial charge in [-0.25, -0.2) is 17.6 Å². The van der Waals surface area contributed by atoms with Crippen molar-refractivity contribution in [1.29, 1.82) is 0 Å². The molecule has 9 heteroatoms. The molecule has 0 fully saturated rings. The molecule has 0 spiro atoms. The Bertz CT molecular complexity index is 814. The first-order valence-electron chi connectivity index (χ1n) is 5.77. The summed E-state index contributed by atoms with van der Waals surface area (Å²) in [6, 6.07) is 5.02. The lowest BCUT2D eigenvalue weighted by Crippen LogP contribution is -2.15. The van der Waals surface area contributed by atoms with E-state index in [1.54, 1.807) is 0 Å². The Kier molecular flexibility index (Phi) is 3.69. The molecular formula is C12H12FN3O4S. The zero-order valence-electron chi connectivity index (χ0n) is 11.2. The highest BCUT2D eigenvalue weighted by molar-refractivity contribution is 7.92. The first-order valence-corrected chi connectivity index (χ1v) is 7.26. The van der Waals surface area contributed by atoms with Crippen molar-refractivity contribution in [2.75, 3.05) is 4.72 Å².